The summed E-state index contributed by atoms with van der Waals surface area (Å²) in [5.41, 5.74) is 1.55. The average molecular weight is 231 g/mol. The van der Waals surface area contributed by atoms with Crippen LogP contribution in [0.2, 0.25) is 0 Å². The zero-order valence-electron chi connectivity index (χ0n) is 9.07. The molecule has 3 nitrogen and oxygen atoms in total. The predicted molar refractivity (Wildman–Crippen MR) is 64.8 cm³/mol. The molecule has 0 aliphatic heterocycles. The minimum atomic E-state index is -0.148. The number of rotatable bonds is 2. The first kappa shape index (κ1) is 10.8. The number of aromatic nitrogens is 1. The average Bonchev–Trinajstić information content (AvgIpc) is 2.59. The number of amides is 1. The molecule has 1 radical (unpaired) electrons. The zero-order valence-corrected chi connectivity index (χ0v) is 9.89. The van der Waals surface area contributed by atoms with Gasteiger partial charge in [-0.15, -0.1) is 11.3 Å². The minimum Gasteiger partial charge on any atom is -0.298 e. The fraction of sp³-hybridized carbons (Fsp3) is 0.167. The zero-order chi connectivity index (χ0) is 11.5. The monoisotopic (exact) mass is 231 g/mol. The molecule has 1 N–H and O–H groups in total. The second-order valence-corrected chi connectivity index (χ2v) is 4.61. The quantitative estimate of drug-likeness (QED) is 0.863. The van der Waals surface area contributed by atoms with Gasteiger partial charge in [0.2, 0.25) is 0 Å². The second-order valence-electron chi connectivity index (χ2n) is 3.41. The first-order chi connectivity index (χ1) is 7.66. The molecule has 1 aromatic carbocycles. The van der Waals surface area contributed by atoms with Crippen LogP contribution in [0.4, 0.5) is 5.13 Å². The third kappa shape index (κ3) is 2.28. The predicted octanol–water partition coefficient (Wildman–Crippen LogP) is 2.81. The van der Waals surface area contributed by atoms with Gasteiger partial charge in [0.1, 0.15) is 0 Å². The van der Waals surface area contributed by atoms with Gasteiger partial charge in [-0.3, -0.25) is 10.1 Å². The Balaban J connectivity index is 2.14. The van der Waals surface area contributed by atoms with E-state index in [2.05, 4.69) is 16.4 Å². The lowest BCUT2D eigenvalue weighted by Crippen LogP contribution is -2.11. The van der Waals surface area contributed by atoms with Crippen molar-refractivity contribution in [1.82, 2.24) is 4.98 Å². The van der Waals surface area contributed by atoms with Gasteiger partial charge in [-0.1, -0.05) is 12.1 Å². The Hall–Kier alpha value is -1.68. The van der Waals surface area contributed by atoms with Crippen molar-refractivity contribution in [3.63, 3.8) is 0 Å². The summed E-state index contributed by atoms with van der Waals surface area (Å²) < 4.78 is 0. The number of nitrogens with one attached hydrogen (secondary N) is 1. The Bertz CT molecular complexity index is 485. The van der Waals surface area contributed by atoms with Crippen molar-refractivity contribution < 1.29 is 4.79 Å². The summed E-state index contributed by atoms with van der Waals surface area (Å²) in [6.07, 6.45) is 0. The van der Waals surface area contributed by atoms with Gasteiger partial charge in [0.05, 0.1) is 5.69 Å². The number of anilines is 1. The van der Waals surface area contributed by atoms with E-state index < -0.39 is 0 Å². The number of hydrogen-bond acceptors (Lipinski definition) is 3. The normalized spacial score (nSPS) is 10.1. The number of carbonyl (C=O) groups is 1. The molecule has 2 aromatic rings. The topological polar surface area (TPSA) is 42.0 Å². The lowest BCUT2D eigenvalue weighted by atomic mass is 10.2. The lowest BCUT2D eigenvalue weighted by molar-refractivity contribution is 0.102. The molecule has 1 amide bonds. The van der Waals surface area contributed by atoms with Gasteiger partial charge < -0.3 is 0 Å². The van der Waals surface area contributed by atoms with E-state index in [-0.39, 0.29) is 5.91 Å². The number of carbonyl (C=O) groups excluding carboxylic acids is 1. The summed E-state index contributed by atoms with van der Waals surface area (Å²) in [4.78, 5) is 17.1. The van der Waals surface area contributed by atoms with Crippen LogP contribution < -0.4 is 5.32 Å². The molecular formula is C12H11N2OS. The van der Waals surface area contributed by atoms with E-state index in [1.54, 1.807) is 24.3 Å². The number of thiazole rings is 1. The molecule has 1 heterocycles. The van der Waals surface area contributed by atoms with Crippen molar-refractivity contribution in [3.05, 3.63) is 46.5 Å². The van der Waals surface area contributed by atoms with Crippen LogP contribution >= 0.6 is 11.3 Å². The maximum absolute atomic E-state index is 11.8. The Morgan fingerprint density at radius 1 is 1.50 bits per heavy atom. The van der Waals surface area contributed by atoms with Crippen molar-refractivity contribution >= 4 is 22.4 Å². The first-order valence-corrected chi connectivity index (χ1v) is 5.70. The molecule has 81 valence electrons. The van der Waals surface area contributed by atoms with E-state index in [4.69, 9.17) is 0 Å². The lowest BCUT2D eigenvalue weighted by Gasteiger charge is -2.00. The van der Waals surface area contributed by atoms with Crippen LogP contribution in [0.25, 0.3) is 0 Å². The molecule has 1 aromatic heterocycles. The Kier molecular flexibility index (Phi) is 3.01. The summed E-state index contributed by atoms with van der Waals surface area (Å²) in [6, 6.07) is 9.81. The molecule has 0 saturated carbocycles. The SMILES string of the molecule is Cc1nc(NC(=O)c2c[c]ccc2)sc1C. The largest absolute Gasteiger partial charge is 0.298 e. The molecule has 4 heteroatoms. The summed E-state index contributed by atoms with van der Waals surface area (Å²) in [5, 5.41) is 3.41. The smallest absolute Gasteiger partial charge is 0.257 e. The van der Waals surface area contributed by atoms with Crippen molar-refractivity contribution in [2.24, 2.45) is 0 Å². The summed E-state index contributed by atoms with van der Waals surface area (Å²) >= 11 is 1.48. The highest BCUT2D eigenvalue weighted by atomic mass is 32.1. The molecule has 0 aliphatic carbocycles. The van der Waals surface area contributed by atoms with E-state index in [9.17, 15) is 4.79 Å². The van der Waals surface area contributed by atoms with E-state index in [1.165, 1.54) is 11.3 Å². The number of benzene rings is 1. The molecule has 0 unspecified atom stereocenters. The van der Waals surface area contributed by atoms with Crippen molar-refractivity contribution in [2.45, 2.75) is 13.8 Å². The summed E-state index contributed by atoms with van der Waals surface area (Å²) in [7, 11) is 0. The highest BCUT2D eigenvalue weighted by Crippen LogP contribution is 2.21. The number of aryl methyl sites for hydroxylation is 2. The fourth-order valence-electron chi connectivity index (χ4n) is 1.23. The van der Waals surface area contributed by atoms with E-state index >= 15 is 0 Å². The maximum atomic E-state index is 11.8. The molecule has 0 bridgehead atoms. The number of nitrogens with zero attached hydrogens (tertiary/aromatic N) is 1. The fourth-order valence-corrected chi connectivity index (χ4v) is 2.04. The van der Waals surface area contributed by atoms with Crippen LogP contribution in [0.3, 0.4) is 0 Å². The standard InChI is InChI=1S/C12H11N2OS/c1-8-9(2)16-12(13-8)14-11(15)10-6-4-3-5-7-10/h3-4,6-7H,1-2H3,(H,13,14,15). The molecular weight excluding hydrogens is 220 g/mol. The van der Waals surface area contributed by atoms with E-state index in [1.807, 2.05) is 13.8 Å². The Morgan fingerprint density at radius 3 is 2.88 bits per heavy atom. The van der Waals surface area contributed by atoms with Gasteiger partial charge in [0.25, 0.3) is 5.91 Å². The van der Waals surface area contributed by atoms with Crippen LogP contribution in [0, 0.1) is 19.9 Å². The molecule has 0 spiro atoms. The third-order valence-electron chi connectivity index (χ3n) is 2.22. The summed E-state index contributed by atoms with van der Waals surface area (Å²) in [5.74, 6) is -0.148. The van der Waals surface area contributed by atoms with Gasteiger partial charge >= 0.3 is 0 Å². The second kappa shape index (κ2) is 4.45. The van der Waals surface area contributed by atoms with Gasteiger partial charge in [0.15, 0.2) is 5.13 Å². The van der Waals surface area contributed by atoms with E-state index in [0.29, 0.717) is 10.7 Å². The van der Waals surface area contributed by atoms with Gasteiger partial charge in [-0.25, -0.2) is 4.98 Å². The first-order valence-electron chi connectivity index (χ1n) is 4.88. The minimum absolute atomic E-state index is 0.148. The number of hydrogen-bond donors (Lipinski definition) is 1. The van der Waals surface area contributed by atoms with Crippen molar-refractivity contribution in [3.8, 4) is 0 Å². The molecule has 0 aliphatic rings. The molecule has 0 saturated heterocycles. The molecule has 16 heavy (non-hydrogen) atoms. The van der Waals surface area contributed by atoms with Gasteiger partial charge in [-0.2, -0.15) is 0 Å². The van der Waals surface area contributed by atoms with Crippen LogP contribution in [0.15, 0.2) is 24.3 Å². The summed E-state index contributed by atoms with van der Waals surface area (Å²) in [6.45, 7) is 3.91. The van der Waals surface area contributed by atoms with Gasteiger partial charge in [0, 0.05) is 10.4 Å². The van der Waals surface area contributed by atoms with E-state index in [0.717, 1.165) is 10.6 Å². The highest BCUT2D eigenvalue weighted by Gasteiger charge is 2.09. The third-order valence-corrected chi connectivity index (χ3v) is 3.21. The van der Waals surface area contributed by atoms with Crippen molar-refractivity contribution in [1.29, 1.82) is 0 Å². The molecule has 0 atom stereocenters. The van der Waals surface area contributed by atoms with Crippen molar-refractivity contribution in [2.75, 3.05) is 5.32 Å². The van der Waals surface area contributed by atoms with Crippen LogP contribution in [0.5, 0.6) is 0 Å². The Morgan fingerprint density at radius 2 is 2.31 bits per heavy atom. The highest BCUT2D eigenvalue weighted by molar-refractivity contribution is 7.15. The van der Waals surface area contributed by atoms with Crippen LogP contribution in [-0.2, 0) is 0 Å². The Labute approximate surface area is 98.2 Å². The van der Waals surface area contributed by atoms with Crippen LogP contribution in [0.1, 0.15) is 20.9 Å². The van der Waals surface area contributed by atoms with Crippen LogP contribution in [-0.4, -0.2) is 10.9 Å². The van der Waals surface area contributed by atoms with Gasteiger partial charge in [-0.05, 0) is 32.0 Å². The molecule has 2 rings (SSSR count). The molecule has 0 fully saturated rings. The maximum Gasteiger partial charge on any atom is 0.257 e.